The molecule has 0 amide bonds. The fraction of sp³-hybridized carbons (Fsp3) is 0.368. The van der Waals surface area contributed by atoms with Crippen LogP contribution in [0.15, 0.2) is 42.5 Å². The molecule has 0 bridgehead atoms. The Hall–Kier alpha value is -2.20. The van der Waals surface area contributed by atoms with Gasteiger partial charge in [0.15, 0.2) is 11.5 Å². The molecule has 0 aliphatic carbocycles. The standard InChI is InChI=1S/C19H25NO3/c1-4-23-19-12-14(5-10-18(19)22-3)11-16(13-20)15-6-8-17(21-2)9-7-15/h5-10,12,16H,4,11,13,20H2,1-3H3. The molecular weight excluding hydrogens is 290 g/mol. The molecule has 4 heteroatoms. The molecule has 1 atom stereocenters. The highest BCUT2D eigenvalue weighted by atomic mass is 16.5. The van der Waals surface area contributed by atoms with Crippen LogP contribution < -0.4 is 19.9 Å². The normalized spacial score (nSPS) is 11.8. The number of hydrogen-bond acceptors (Lipinski definition) is 4. The highest BCUT2D eigenvalue weighted by molar-refractivity contribution is 5.43. The maximum atomic E-state index is 5.99. The van der Waals surface area contributed by atoms with E-state index >= 15 is 0 Å². The Kier molecular flexibility index (Phi) is 6.29. The van der Waals surface area contributed by atoms with Crippen molar-refractivity contribution >= 4 is 0 Å². The van der Waals surface area contributed by atoms with E-state index in [1.165, 1.54) is 11.1 Å². The lowest BCUT2D eigenvalue weighted by Crippen LogP contribution is -2.15. The number of ether oxygens (including phenoxy) is 3. The fourth-order valence-corrected chi connectivity index (χ4v) is 2.61. The van der Waals surface area contributed by atoms with Crippen molar-refractivity contribution in [2.24, 2.45) is 5.73 Å². The number of nitrogens with two attached hydrogens (primary N) is 1. The van der Waals surface area contributed by atoms with Crippen LogP contribution in [0.25, 0.3) is 0 Å². The van der Waals surface area contributed by atoms with E-state index in [-0.39, 0.29) is 5.92 Å². The Labute approximate surface area is 138 Å². The highest BCUT2D eigenvalue weighted by Gasteiger charge is 2.13. The van der Waals surface area contributed by atoms with E-state index in [9.17, 15) is 0 Å². The van der Waals surface area contributed by atoms with Crippen molar-refractivity contribution in [3.63, 3.8) is 0 Å². The molecule has 1 unspecified atom stereocenters. The molecule has 2 aromatic rings. The van der Waals surface area contributed by atoms with Gasteiger partial charge in [0, 0.05) is 5.92 Å². The van der Waals surface area contributed by atoms with Gasteiger partial charge in [-0.2, -0.15) is 0 Å². The molecule has 0 spiro atoms. The summed E-state index contributed by atoms with van der Waals surface area (Å²) in [7, 11) is 3.32. The molecule has 0 aliphatic rings. The predicted octanol–water partition coefficient (Wildman–Crippen LogP) is 3.39. The molecule has 0 aromatic heterocycles. The monoisotopic (exact) mass is 315 g/mol. The summed E-state index contributed by atoms with van der Waals surface area (Å²) < 4.78 is 16.2. The second-order valence-electron chi connectivity index (χ2n) is 5.33. The van der Waals surface area contributed by atoms with Gasteiger partial charge in [0.05, 0.1) is 20.8 Å². The lowest BCUT2D eigenvalue weighted by Gasteiger charge is -2.17. The van der Waals surface area contributed by atoms with E-state index in [1.807, 2.05) is 31.2 Å². The lowest BCUT2D eigenvalue weighted by molar-refractivity contribution is 0.310. The molecule has 23 heavy (non-hydrogen) atoms. The minimum absolute atomic E-state index is 0.253. The van der Waals surface area contributed by atoms with Crippen LogP contribution in [-0.2, 0) is 6.42 Å². The Bertz CT molecular complexity index is 611. The second-order valence-corrected chi connectivity index (χ2v) is 5.33. The Balaban J connectivity index is 2.18. The molecule has 124 valence electrons. The summed E-state index contributed by atoms with van der Waals surface area (Å²) in [6, 6.07) is 14.1. The summed E-state index contributed by atoms with van der Waals surface area (Å²) >= 11 is 0. The molecule has 2 aromatic carbocycles. The molecule has 4 nitrogen and oxygen atoms in total. The van der Waals surface area contributed by atoms with Gasteiger partial charge in [-0.25, -0.2) is 0 Å². The van der Waals surface area contributed by atoms with Crippen LogP contribution >= 0.6 is 0 Å². The Morgan fingerprint density at radius 2 is 1.70 bits per heavy atom. The summed E-state index contributed by atoms with van der Waals surface area (Å²) in [6.07, 6.45) is 0.854. The number of benzene rings is 2. The van der Waals surface area contributed by atoms with Gasteiger partial charge in [-0.15, -0.1) is 0 Å². The van der Waals surface area contributed by atoms with E-state index in [1.54, 1.807) is 14.2 Å². The van der Waals surface area contributed by atoms with E-state index in [4.69, 9.17) is 19.9 Å². The molecular formula is C19H25NO3. The van der Waals surface area contributed by atoms with Crippen molar-refractivity contribution in [2.45, 2.75) is 19.3 Å². The quantitative estimate of drug-likeness (QED) is 0.811. The minimum atomic E-state index is 0.253. The van der Waals surface area contributed by atoms with Crippen molar-refractivity contribution in [3.05, 3.63) is 53.6 Å². The van der Waals surface area contributed by atoms with Crippen LogP contribution in [0, 0.1) is 0 Å². The molecule has 0 saturated carbocycles. The smallest absolute Gasteiger partial charge is 0.161 e. The van der Waals surface area contributed by atoms with Gasteiger partial charge in [-0.3, -0.25) is 0 Å². The fourth-order valence-electron chi connectivity index (χ4n) is 2.61. The first-order valence-corrected chi connectivity index (χ1v) is 7.85. The SMILES string of the molecule is CCOc1cc(CC(CN)c2ccc(OC)cc2)ccc1OC. The van der Waals surface area contributed by atoms with Crippen molar-refractivity contribution in [1.82, 2.24) is 0 Å². The Morgan fingerprint density at radius 1 is 0.957 bits per heavy atom. The maximum absolute atomic E-state index is 5.99. The summed E-state index contributed by atoms with van der Waals surface area (Å²) in [5.41, 5.74) is 8.38. The first-order valence-electron chi connectivity index (χ1n) is 7.85. The van der Waals surface area contributed by atoms with E-state index in [2.05, 4.69) is 18.2 Å². The lowest BCUT2D eigenvalue weighted by atomic mass is 9.92. The number of methoxy groups -OCH3 is 2. The third-order valence-corrected chi connectivity index (χ3v) is 3.88. The van der Waals surface area contributed by atoms with Crippen molar-refractivity contribution in [1.29, 1.82) is 0 Å². The Morgan fingerprint density at radius 3 is 2.26 bits per heavy atom. The largest absolute Gasteiger partial charge is 0.497 e. The van der Waals surface area contributed by atoms with Gasteiger partial charge >= 0.3 is 0 Å². The summed E-state index contributed by atoms with van der Waals surface area (Å²) in [5, 5.41) is 0. The molecule has 0 radical (unpaired) electrons. The average molecular weight is 315 g/mol. The maximum Gasteiger partial charge on any atom is 0.161 e. The van der Waals surface area contributed by atoms with Crippen LogP contribution in [0.1, 0.15) is 24.0 Å². The number of hydrogen-bond donors (Lipinski definition) is 1. The summed E-state index contributed by atoms with van der Waals surface area (Å²) in [6.45, 7) is 3.16. The first kappa shape index (κ1) is 17.2. The molecule has 0 heterocycles. The summed E-state index contributed by atoms with van der Waals surface area (Å²) in [4.78, 5) is 0. The third kappa shape index (κ3) is 4.39. The molecule has 2 rings (SSSR count). The zero-order valence-electron chi connectivity index (χ0n) is 14.0. The van der Waals surface area contributed by atoms with Crippen molar-refractivity contribution < 1.29 is 14.2 Å². The molecule has 0 fully saturated rings. The van der Waals surface area contributed by atoms with E-state index in [0.29, 0.717) is 13.2 Å². The van der Waals surface area contributed by atoms with Crippen LogP contribution in [0.3, 0.4) is 0 Å². The molecule has 0 saturated heterocycles. The van der Waals surface area contributed by atoms with Gasteiger partial charge in [-0.1, -0.05) is 18.2 Å². The van der Waals surface area contributed by atoms with Gasteiger partial charge in [0.25, 0.3) is 0 Å². The molecule has 0 aliphatic heterocycles. The van der Waals surface area contributed by atoms with Gasteiger partial charge < -0.3 is 19.9 Å². The predicted molar refractivity (Wildman–Crippen MR) is 92.7 cm³/mol. The van der Waals surface area contributed by atoms with Crippen LogP contribution in [-0.4, -0.2) is 27.4 Å². The average Bonchev–Trinajstić information content (AvgIpc) is 2.60. The number of rotatable bonds is 8. The van der Waals surface area contributed by atoms with Crippen LogP contribution in [0.5, 0.6) is 17.2 Å². The second kappa shape index (κ2) is 8.44. The van der Waals surface area contributed by atoms with E-state index < -0.39 is 0 Å². The first-order chi connectivity index (χ1) is 11.2. The van der Waals surface area contributed by atoms with Crippen LogP contribution in [0.2, 0.25) is 0 Å². The topological polar surface area (TPSA) is 53.7 Å². The van der Waals surface area contributed by atoms with E-state index in [0.717, 1.165) is 23.7 Å². The van der Waals surface area contributed by atoms with Gasteiger partial charge in [0.2, 0.25) is 0 Å². The van der Waals surface area contributed by atoms with Gasteiger partial charge in [0.1, 0.15) is 5.75 Å². The van der Waals surface area contributed by atoms with Crippen LogP contribution in [0.4, 0.5) is 0 Å². The van der Waals surface area contributed by atoms with Crippen molar-refractivity contribution in [3.8, 4) is 17.2 Å². The third-order valence-electron chi connectivity index (χ3n) is 3.88. The zero-order valence-corrected chi connectivity index (χ0v) is 14.0. The summed E-state index contributed by atoms with van der Waals surface area (Å²) in [5.74, 6) is 2.64. The minimum Gasteiger partial charge on any atom is -0.497 e. The molecule has 2 N–H and O–H groups in total. The zero-order chi connectivity index (χ0) is 16.7. The van der Waals surface area contributed by atoms with Gasteiger partial charge in [-0.05, 0) is 55.3 Å². The van der Waals surface area contributed by atoms with Crippen molar-refractivity contribution in [2.75, 3.05) is 27.4 Å². The highest BCUT2D eigenvalue weighted by Crippen LogP contribution is 2.30.